The van der Waals surface area contributed by atoms with Crippen molar-refractivity contribution in [2.24, 2.45) is 21.7 Å². The Morgan fingerprint density at radius 3 is 0.907 bits per heavy atom. The topological polar surface area (TPSA) is 105 Å². The van der Waals surface area contributed by atoms with Gasteiger partial charge in [-0.15, -0.1) is 0 Å². The first kappa shape index (κ1) is 71.0. The van der Waals surface area contributed by atoms with Crippen LogP contribution in [0.3, 0.4) is 0 Å². The number of benzene rings is 4. The molecule has 472 valence electrons. The molecule has 0 atom stereocenters. The molecule has 0 amide bonds. The monoisotopic (exact) mass is 1180 g/mol. The third-order valence-corrected chi connectivity index (χ3v) is 20.0. The standard InChI is InChI=1S/C20H28O2.C20H30O2.C19H28O2.C19H26O2/c1-5-16-11-10-12-17(15-16)20(13-8-7-9-14-20)22-18(21)19(3,4)6-2;1-4-19(2,3)18(21)22-20(17-13-9-8-10-14-17)15-11-6-5-7-12-16-20;1-5-15-9-11-16(12-10-15)19(13-7-8-14-19)21-17(20)18(3,4)6-2;1-5-15-10-9-11-16(14-15)19(12-7-8-13-19)21-17(20)18(3,4)6-2/h5,10-12,15H,1,6-9,13-14H2,2-4H3;8-10,13-14H,4-7,11-12,15-16H2,1-3H3;9-12H,5-8,13-14H2,1-4H3;5,9-11,14H,1,6-8,12-13H2,2-4H3. The molecule has 4 saturated carbocycles. The molecule has 0 unspecified atom stereocenters. The Labute approximate surface area is 521 Å². The van der Waals surface area contributed by atoms with Crippen molar-refractivity contribution in [3.05, 3.63) is 155 Å². The van der Waals surface area contributed by atoms with E-state index >= 15 is 0 Å². The van der Waals surface area contributed by atoms with Crippen LogP contribution in [0.5, 0.6) is 0 Å². The number of hydrogen-bond acceptors (Lipinski definition) is 8. The van der Waals surface area contributed by atoms with E-state index in [4.69, 9.17) is 18.9 Å². The van der Waals surface area contributed by atoms with Gasteiger partial charge in [0.05, 0.1) is 21.7 Å². The normalized spacial score (nSPS) is 18.0. The predicted octanol–water partition coefficient (Wildman–Crippen LogP) is 21.2. The first-order chi connectivity index (χ1) is 40.8. The van der Waals surface area contributed by atoms with Gasteiger partial charge in [0.1, 0.15) is 22.4 Å². The fourth-order valence-electron chi connectivity index (χ4n) is 11.8. The molecule has 4 fully saturated rings. The van der Waals surface area contributed by atoms with Gasteiger partial charge >= 0.3 is 23.9 Å². The average Bonchev–Trinajstić information content (AvgIpc) is 2.43. The number of hydrogen-bond donors (Lipinski definition) is 0. The van der Waals surface area contributed by atoms with Gasteiger partial charge in [0.25, 0.3) is 0 Å². The van der Waals surface area contributed by atoms with Gasteiger partial charge in [0.2, 0.25) is 0 Å². The van der Waals surface area contributed by atoms with Gasteiger partial charge in [0, 0.05) is 0 Å². The lowest BCUT2D eigenvalue weighted by Gasteiger charge is -2.39. The molecule has 0 radical (unpaired) electrons. The minimum atomic E-state index is -0.458. The Balaban J connectivity index is 0.000000209. The molecule has 4 aromatic carbocycles. The second-order valence-electron chi connectivity index (χ2n) is 27.8. The minimum Gasteiger partial charge on any atom is -0.454 e. The molecule has 0 heterocycles. The summed E-state index contributed by atoms with van der Waals surface area (Å²) in [7, 11) is 0. The summed E-state index contributed by atoms with van der Waals surface area (Å²) in [6, 6.07) is 35.5. The van der Waals surface area contributed by atoms with Crippen LogP contribution in [0.25, 0.3) is 12.2 Å². The highest BCUT2D eigenvalue weighted by molar-refractivity contribution is 5.78. The summed E-state index contributed by atoms with van der Waals surface area (Å²) in [5, 5.41) is 0. The van der Waals surface area contributed by atoms with Gasteiger partial charge in [-0.1, -0.05) is 177 Å². The lowest BCUT2D eigenvalue weighted by atomic mass is 9.78. The molecule has 4 aliphatic rings. The van der Waals surface area contributed by atoms with Crippen molar-refractivity contribution < 1.29 is 38.1 Å². The number of carbonyl (C=O) groups is 4. The van der Waals surface area contributed by atoms with Crippen molar-refractivity contribution in [2.45, 2.75) is 273 Å². The third kappa shape index (κ3) is 18.6. The minimum absolute atomic E-state index is 0.0561. The molecule has 0 aromatic heterocycles. The Morgan fingerprint density at radius 2 is 0.616 bits per heavy atom. The summed E-state index contributed by atoms with van der Waals surface area (Å²) in [6.07, 6.45) is 29.3. The SMILES string of the molecule is C=Cc1cccc(C2(OC(=O)C(C)(C)CC)CCCC2)c1.C=Cc1cccc(C2(OC(=O)C(C)(C)CC)CCCCC2)c1.CCC(C)(C)C(=O)OC1(c2ccccc2)CCCCCCC1.CCc1ccc(C2(OC(=O)C(C)(C)CC)CCCC2)cc1. The van der Waals surface area contributed by atoms with E-state index < -0.39 is 44.1 Å². The quantitative estimate of drug-likeness (QED) is 0.0675. The smallest absolute Gasteiger partial charge is 0.312 e. The highest BCUT2D eigenvalue weighted by atomic mass is 16.6. The van der Waals surface area contributed by atoms with Crippen molar-refractivity contribution in [3.63, 3.8) is 0 Å². The molecule has 8 heteroatoms. The molecule has 4 aliphatic carbocycles. The summed E-state index contributed by atoms with van der Waals surface area (Å²) >= 11 is 0. The van der Waals surface area contributed by atoms with Crippen molar-refractivity contribution >= 4 is 36.0 Å². The van der Waals surface area contributed by atoms with E-state index in [1.165, 1.54) is 31.2 Å². The van der Waals surface area contributed by atoms with Crippen molar-refractivity contribution in [1.29, 1.82) is 0 Å². The maximum Gasteiger partial charge on any atom is 0.312 e. The molecule has 0 bridgehead atoms. The predicted molar refractivity (Wildman–Crippen MR) is 355 cm³/mol. The van der Waals surface area contributed by atoms with Gasteiger partial charge < -0.3 is 18.9 Å². The van der Waals surface area contributed by atoms with E-state index in [0.29, 0.717) is 0 Å². The third-order valence-electron chi connectivity index (χ3n) is 20.0. The Morgan fingerprint density at radius 1 is 0.360 bits per heavy atom. The maximum atomic E-state index is 12.7. The zero-order valence-corrected chi connectivity index (χ0v) is 55.8. The fourth-order valence-corrected chi connectivity index (χ4v) is 11.8. The summed E-state index contributed by atoms with van der Waals surface area (Å²) in [5.74, 6) is -0.289. The van der Waals surface area contributed by atoms with Gasteiger partial charge in [-0.2, -0.15) is 0 Å². The Hall–Kier alpha value is -5.76. The first-order valence-corrected chi connectivity index (χ1v) is 33.3. The van der Waals surface area contributed by atoms with Crippen LogP contribution in [0, 0.1) is 21.7 Å². The van der Waals surface area contributed by atoms with Crippen LogP contribution in [-0.4, -0.2) is 23.9 Å². The van der Waals surface area contributed by atoms with Gasteiger partial charge in [-0.25, -0.2) is 0 Å². The molecular weight excluding hydrogens is 1060 g/mol. The van der Waals surface area contributed by atoms with Crippen LogP contribution in [0.2, 0.25) is 0 Å². The van der Waals surface area contributed by atoms with E-state index in [0.717, 1.165) is 168 Å². The number of carbonyl (C=O) groups excluding carboxylic acids is 4. The van der Waals surface area contributed by atoms with Gasteiger partial charge in [0.15, 0.2) is 0 Å². The number of aryl methyl sites for hydroxylation is 1. The zero-order valence-electron chi connectivity index (χ0n) is 55.8. The Kier molecular flexibility index (Phi) is 26.4. The van der Waals surface area contributed by atoms with E-state index in [1.807, 2.05) is 119 Å². The second-order valence-corrected chi connectivity index (χ2v) is 27.8. The zero-order chi connectivity index (χ0) is 63.3. The van der Waals surface area contributed by atoms with Crippen molar-refractivity contribution in [3.8, 4) is 0 Å². The molecule has 0 spiro atoms. The van der Waals surface area contributed by atoms with Crippen LogP contribution in [0.15, 0.2) is 116 Å². The molecule has 0 N–H and O–H groups in total. The van der Waals surface area contributed by atoms with Crippen LogP contribution < -0.4 is 0 Å². The van der Waals surface area contributed by atoms with Crippen LogP contribution in [-0.2, 0) is 67.0 Å². The first-order valence-electron chi connectivity index (χ1n) is 33.3. The molecular formula is C78H112O8. The summed E-state index contributed by atoms with van der Waals surface area (Å²) < 4.78 is 24.5. The summed E-state index contributed by atoms with van der Waals surface area (Å²) in [6.45, 7) is 33.7. The van der Waals surface area contributed by atoms with E-state index in [9.17, 15) is 19.2 Å². The summed E-state index contributed by atoms with van der Waals surface area (Å²) in [5.41, 5.74) is 4.64. The second kappa shape index (κ2) is 31.9. The molecule has 0 saturated heterocycles. The van der Waals surface area contributed by atoms with Gasteiger partial charge in [-0.3, -0.25) is 19.2 Å². The fraction of sp³-hybridized carbons (Fsp3) is 0.590. The molecule has 8 rings (SSSR count). The lowest BCUT2D eigenvalue weighted by Crippen LogP contribution is -2.39. The molecule has 0 aliphatic heterocycles. The van der Waals surface area contributed by atoms with E-state index in [-0.39, 0.29) is 23.9 Å². The molecule has 4 aromatic rings. The van der Waals surface area contributed by atoms with Crippen molar-refractivity contribution in [2.75, 3.05) is 0 Å². The lowest BCUT2D eigenvalue weighted by molar-refractivity contribution is -0.176. The maximum absolute atomic E-state index is 12.7. The average molecular weight is 1180 g/mol. The largest absolute Gasteiger partial charge is 0.454 e. The number of ether oxygens (including phenoxy) is 4. The van der Waals surface area contributed by atoms with E-state index in [1.54, 1.807) is 0 Å². The number of rotatable bonds is 19. The highest BCUT2D eigenvalue weighted by Gasteiger charge is 2.46. The summed E-state index contributed by atoms with van der Waals surface area (Å²) in [4.78, 5) is 50.4. The van der Waals surface area contributed by atoms with Crippen LogP contribution in [0.4, 0.5) is 0 Å². The van der Waals surface area contributed by atoms with Gasteiger partial charge in [-0.05, 0) is 241 Å². The highest BCUT2D eigenvalue weighted by Crippen LogP contribution is 2.47. The molecule has 86 heavy (non-hydrogen) atoms. The van der Waals surface area contributed by atoms with Crippen molar-refractivity contribution in [1.82, 2.24) is 0 Å². The van der Waals surface area contributed by atoms with Crippen LogP contribution >= 0.6 is 0 Å². The van der Waals surface area contributed by atoms with E-state index in [2.05, 4.69) is 99.8 Å². The Bertz CT molecular complexity index is 2770. The van der Waals surface area contributed by atoms with Crippen LogP contribution in [0.1, 0.15) is 283 Å². The number of esters is 4. The molecule has 8 nitrogen and oxygen atoms in total.